The Hall–Kier alpha value is -2.04. The Morgan fingerprint density at radius 2 is 2.07 bits per heavy atom. The second kappa shape index (κ2) is 4.99. The van der Waals surface area contributed by atoms with E-state index < -0.39 is 12.0 Å². The molecule has 1 amide bonds. The Kier molecular flexibility index (Phi) is 3.68. The van der Waals surface area contributed by atoms with E-state index in [-0.39, 0.29) is 5.75 Å². The fraction of sp³-hybridized carbons (Fsp3) is 0.200. The summed E-state index contributed by atoms with van der Waals surface area (Å²) in [5, 5.41) is 11.4. The number of rotatable bonds is 4. The van der Waals surface area contributed by atoms with Crippen molar-refractivity contribution >= 4 is 12.4 Å². The van der Waals surface area contributed by atoms with Gasteiger partial charge in [0.1, 0.15) is 5.75 Å². The van der Waals surface area contributed by atoms with Gasteiger partial charge < -0.3 is 15.2 Å². The molecule has 0 radical (unpaired) electrons. The van der Waals surface area contributed by atoms with Crippen molar-refractivity contribution in [3.05, 3.63) is 29.8 Å². The van der Waals surface area contributed by atoms with E-state index in [1.165, 1.54) is 31.4 Å². The quantitative estimate of drug-likeness (QED) is 0.554. The summed E-state index contributed by atoms with van der Waals surface area (Å²) < 4.78 is 4.53. The van der Waals surface area contributed by atoms with Gasteiger partial charge in [-0.15, -0.1) is 0 Å². The third-order valence-electron chi connectivity index (χ3n) is 1.90. The monoisotopic (exact) mass is 209 g/mol. The van der Waals surface area contributed by atoms with Gasteiger partial charge in [-0.3, -0.25) is 4.79 Å². The largest absolute Gasteiger partial charge is 0.508 e. The molecule has 15 heavy (non-hydrogen) atoms. The van der Waals surface area contributed by atoms with Gasteiger partial charge in [0, 0.05) is 0 Å². The Labute approximate surface area is 86.7 Å². The number of nitrogens with one attached hydrogen (secondary N) is 1. The van der Waals surface area contributed by atoms with E-state index in [1.807, 2.05) is 0 Å². The third kappa shape index (κ3) is 2.70. The number of phenols is 1. The lowest BCUT2D eigenvalue weighted by Crippen LogP contribution is -2.28. The second-order valence-corrected chi connectivity index (χ2v) is 2.83. The van der Waals surface area contributed by atoms with Gasteiger partial charge >= 0.3 is 5.97 Å². The first-order valence-corrected chi connectivity index (χ1v) is 4.25. The number of benzene rings is 1. The summed E-state index contributed by atoms with van der Waals surface area (Å²) in [5.41, 5.74) is 0.548. The van der Waals surface area contributed by atoms with E-state index in [0.29, 0.717) is 12.0 Å². The van der Waals surface area contributed by atoms with Crippen LogP contribution in [-0.2, 0) is 14.3 Å². The normalized spacial score (nSPS) is 11.5. The van der Waals surface area contributed by atoms with Crippen LogP contribution in [0.25, 0.3) is 0 Å². The maximum absolute atomic E-state index is 11.3. The summed E-state index contributed by atoms with van der Waals surface area (Å²) in [6.45, 7) is 0. The molecule has 0 aliphatic heterocycles. The molecule has 5 nitrogen and oxygen atoms in total. The van der Waals surface area contributed by atoms with Crippen molar-refractivity contribution in [1.82, 2.24) is 5.32 Å². The summed E-state index contributed by atoms with van der Waals surface area (Å²) in [5.74, 6) is -0.471. The molecule has 80 valence electrons. The first-order chi connectivity index (χ1) is 7.19. The number of carbonyl (C=O) groups is 2. The highest BCUT2D eigenvalue weighted by molar-refractivity contribution is 5.79. The number of carbonyl (C=O) groups excluding carboxylic acids is 2. The van der Waals surface area contributed by atoms with Gasteiger partial charge in [-0.1, -0.05) is 12.1 Å². The van der Waals surface area contributed by atoms with E-state index >= 15 is 0 Å². The fourth-order valence-corrected chi connectivity index (χ4v) is 1.15. The third-order valence-corrected chi connectivity index (χ3v) is 1.90. The zero-order chi connectivity index (χ0) is 11.3. The Morgan fingerprint density at radius 1 is 1.47 bits per heavy atom. The molecule has 0 aromatic heterocycles. The van der Waals surface area contributed by atoms with E-state index in [9.17, 15) is 9.59 Å². The van der Waals surface area contributed by atoms with Crippen molar-refractivity contribution in [3.63, 3.8) is 0 Å². The van der Waals surface area contributed by atoms with Crippen LogP contribution in [0, 0.1) is 0 Å². The highest BCUT2D eigenvalue weighted by Crippen LogP contribution is 2.17. The number of hydrogen-bond acceptors (Lipinski definition) is 4. The molecular formula is C10H11NO4. The molecule has 1 unspecified atom stereocenters. The highest BCUT2D eigenvalue weighted by Gasteiger charge is 2.19. The van der Waals surface area contributed by atoms with Crippen molar-refractivity contribution in [1.29, 1.82) is 0 Å². The summed E-state index contributed by atoms with van der Waals surface area (Å²) >= 11 is 0. The summed E-state index contributed by atoms with van der Waals surface area (Å²) in [6, 6.07) is 5.09. The van der Waals surface area contributed by atoms with E-state index in [2.05, 4.69) is 10.1 Å². The maximum atomic E-state index is 11.3. The lowest BCUT2D eigenvalue weighted by atomic mass is 10.1. The van der Waals surface area contributed by atoms with Gasteiger partial charge in [0.05, 0.1) is 7.11 Å². The van der Waals surface area contributed by atoms with Gasteiger partial charge in [-0.25, -0.2) is 4.79 Å². The average molecular weight is 209 g/mol. The molecule has 0 spiro atoms. The number of methoxy groups -OCH3 is 1. The highest BCUT2D eigenvalue weighted by atomic mass is 16.5. The van der Waals surface area contributed by atoms with Crippen LogP contribution < -0.4 is 5.32 Å². The molecule has 0 bridgehead atoms. The zero-order valence-corrected chi connectivity index (χ0v) is 8.14. The van der Waals surface area contributed by atoms with Crippen LogP contribution in [0.1, 0.15) is 11.6 Å². The molecular weight excluding hydrogens is 198 g/mol. The van der Waals surface area contributed by atoms with Crippen LogP contribution >= 0.6 is 0 Å². The van der Waals surface area contributed by atoms with Crippen molar-refractivity contribution in [2.75, 3.05) is 7.11 Å². The first-order valence-electron chi connectivity index (χ1n) is 4.25. The van der Waals surface area contributed by atoms with Crippen LogP contribution in [0.15, 0.2) is 24.3 Å². The molecule has 2 N–H and O–H groups in total. The molecule has 1 rings (SSSR count). The Balaban J connectivity index is 2.93. The molecule has 5 heteroatoms. The minimum absolute atomic E-state index is 0.0912. The molecule has 1 aromatic carbocycles. The molecule has 0 heterocycles. The SMILES string of the molecule is COC(=O)C(NC=O)c1ccc(O)cc1. The average Bonchev–Trinajstić information content (AvgIpc) is 2.26. The van der Waals surface area contributed by atoms with Gasteiger partial charge in [-0.05, 0) is 17.7 Å². The van der Waals surface area contributed by atoms with Crippen LogP contribution in [-0.4, -0.2) is 24.6 Å². The summed E-state index contributed by atoms with van der Waals surface area (Å²) in [6.07, 6.45) is 0.425. The van der Waals surface area contributed by atoms with Crippen LogP contribution in [0.2, 0.25) is 0 Å². The Morgan fingerprint density at radius 3 is 2.53 bits per heavy atom. The molecule has 1 atom stereocenters. The molecule has 0 aliphatic rings. The number of aromatic hydroxyl groups is 1. The smallest absolute Gasteiger partial charge is 0.333 e. The van der Waals surface area contributed by atoms with Crippen molar-refractivity contribution in [2.45, 2.75) is 6.04 Å². The van der Waals surface area contributed by atoms with E-state index in [4.69, 9.17) is 5.11 Å². The van der Waals surface area contributed by atoms with Gasteiger partial charge in [0.2, 0.25) is 6.41 Å². The number of ether oxygens (including phenoxy) is 1. The van der Waals surface area contributed by atoms with E-state index in [1.54, 1.807) is 0 Å². The van der Waals surface area contributed by atoms with Crippen LogP contribution in [0.3, 0.4) is 0 Å². The molecule has 0 fully saturated rings. The number of esters is 1. The first kappa shape index (κ1) is 11.0. The van der Waals surface area contributed by atoms with Gasteiger partial charge in [0.15, 0.2) is 6.04 Å². The molecule has 0 saturated carbocycles. The van der Waals surface area contributed by atoms with E-state index in [0.717, 1.165) is 0 Å². The standard InChI is InChI=1S/C10H11NO4/c1-15-10(14)9(11-6-12)7-2-4-8(13)5-3-7/h2-6,9,13H,1H3,(H,11,12). The zero-order valence-electron chi connectivity index (χ0n) is 8.14. The van der Waals surface area contributed by atoms with Crippen LogP contribution in [0.4, 0.5) is 0 Å². The van der Waals surface area contributed by atoms with Gasteiger partial charge in [-0.2, -0.15) is 0 Å². The summed E-state index contributed by atoms with van der Waals surface area (Å²) in [7, 11) is 1.24. The maximum Gasteiger partial charge on any atom is 0.333 e. The van der Waals surface area contributed by atoms with Crippen molar-refractivity contribution in [3.8, 4) is 5.75 Å². The topological polar surface area (TPSA) is 75.6 Å². The molecule has 1 aromatic rings. The minimum Gasteiger partial charge on any atom is -0.508 e. The molecule has 0 aliphatic carbocycles. The molecule has 0 saturated heterocycles. The predicted octanol–water partition coefficient (Wildman–Crippen LogP) is 0.352. The lowest BCUT2D eigenvalue weighted by Gasteiger charge is -2.13. The van der Waals surface area contributed by atoms with Crippen molar-refractivity contribution in [2.24, 2.45) is 0 Å². The fourth-order valence-electron chi connectivity index (χ4n) is 1.15. The predicted molar refractivity (Wildman–Crippen MR) is 52.1 cm³/mol. The van der Waals surface area contributed by atoms with Crippen LogP contribution in [0.5, 0.6) is 5.75 Å². The van der Waals surface area contributed by atoms with Gasteiger partial charge in [0.25, 0.3) is 0 Å². The minimum atomic E-state index is -0.840. The number of hydrogen-bond donors (Lipinski definition) is 2. The Bertz CT molecular complexity index is 347. The number of amides is 1. The second-order valence-electron chi connectivity index (χ2n) is 2.83. The van der Waals surface area contributed by atoms with Crippen molar-refractivity contribution < 1.29 is 19.4 Å². The lowest BCUT2D eigenvalue weighted by molar-refractivity contribution is -0.144. The summed E-state index contributed by atoms with van der Waals surface area (Å²) in [4.78, 5) is 21.6. The number of phenolic OH excluding ortho intramolecular Hbond substituents is 1.